The van der Waals surface area contributed by atoms with Gasteiger partial charge in [0.15, 0.2) is 0 Å². The predicted octanol–water partition coefficient (Wildman–Crippen LogP) is 3.21. The molecule has 0 spiro atoms. The number of amides is 1. The van der Waals surface area contributed by atoms with Gasteiger partial charge in [-0.1, -0.05) is 0 Å². The van der Waals surface area contributed by atoms with Gasteiger partial charge in [-0.05, 0) is 58.9 Å². The SMILES string of the molecule is CCOc1ccc(N(C(=O)OC(C)(C)C)C(C)CO)cc1. The van der Waals surface area contributed by atoms with Gasteiger partial charge >= 0.3 is 6.09 Å². The van der Waals surface area contributed by atoms with Gasteiger partial charge < -0.3 is 14.6 Å². The molecule has 1 rings (SSSR count). The summed E-state index contributed by atoms with van der Waals surface area (Å²) in [5.41, 5.74) is 0.0738. The minimum atomic E-state index is -0.588. The van der Waals surface area contributed by atoms with Gasteiger partial charge in [-0.2, -0.15) is 0 Å². The fourth-order valence-corrected chi connectivity index (χ4v) is 1.80. The standard InChI is InChI=1S/C16H25NO4/c1-6-20-14-9-7-13(8-10-14)17(12(2)11-18)15(19)21-16(3,4)5/h7-10,12,18H,6,11H2,1-5H3. The second-order valence-electron chi connectivity index (χ2n) is 5.81. The van der Waals surface area contributed by atoms with Gasteiger partial charge in [0.05, 0.1) is 19.3 Å². The van der Waals surface area contributed by atoms with E-state index < -0.39 is 11.7 Å². The van der Waals surface area contributed by atoms with Crippen molar-refractivity contribution in [1.29, 1.82) is 0 Å². The summed E-state index contributed by atoms with van der Waals surface area (Å²) in [7, 11) is 0. The molecule has 0 aliphatic rings. The monoisotopic (exact) mass is 295 g/mol. The first-order valence-corrected chi connectivity index (χ1v) is 7.14. The van der Waals surface area contributed by atoms with E-state index in [2.05, 4.69) is 0 Å². The normalized spacial score (nSPS) is 12.7. The largest absolute Gasteiger partial charge is 0.494 e. The molecule has 1 amide bonds. The second-order valence-corrected chi connectivity index (χ2v) is 5.81. The van der Waals surface area contributed by atoms with Gasteiger partial charge in [0.25, 0.3) is 0 Å². The van der Waals surface area contributed by atoms with Crippen molar-refractivity contribution in [3.05, 3.63) is 24.3 Å². The van der Waals surface area contributed by atoms with Crippen LogP contribution in [-0.4, -0.2) is 36.1 Å². The van der Waals surface area contributed by atoms with Gasteiger partial charge in [0, 0.05) is 5.69 Å². The van der Waals surface area contributed by atoms with Crippen molar-refractivity contribution in [2.75, 3.05) is 18.1 Å². The van der Waals surface area contributed by atoms with Crippen LogP contribution in [0.15, 0.2) is 24.3 Å². The number of carbonyl (C=O) groups is 1. The number of hydrogen-bond donors (Lipinski definition) is 1. The van der Waals surface area contributed by atoms with E-state index in [1.165, 1.54) is 4.90 Å². The molecule has 0 bridgehead atoms. The molecule has 1 aromatic carbocycles. The Balaban J connectivity index is 2.99. The minimum Gasteiger partial charge on any atom is -0.494 e. The summed E-state index contributed by atoms with van der Waals surface area (Å²) in [6.07, 6.45) is -0.479. The maximum atomic E-state index is 12.3. The number of rotatable bonds is 5. The van der Waals surface area contributed by atoms with Crippen molar-refractivity contribution < 1.29 is 19.4 Å². The van der Waals surface area contributed by atoms with Gasteiger partial charge in [-0.15, -0.1) is 0 Å². The predicted molar refractivity (Wildman–Crippen MR) is 82.9 cm³/mol. The third kappa shape index (κ3) is 5.27. The highest BCUT2D eigenvalue weighted by molar-refractivity contribution is 5.88. The molecule has 118 valence electrons. The summed E-state index contributed by atoms with van der Waals surface area (Å²) >= 11 is 0. The molecule has 0 heterocycles. The molecule has 1 atom stereocenters. The zero-order valence-corrected chi connectivity index (χ0v) is 13.4. The Morgan fingerprint density at radius 2 is 1.86 bits per heavy atom. The number of nitrogens with zero attached hydrogens (tertiary/aromatic N) is 1. The zero-order chi connectivity index (χ0) is 16.0. The molecule has 1 N–H and O–H groups in total. The first kappa shape index (κ1) is 17.3. The van der Waals surface area contributed by atoms with Gasteiger partial charge in [0.1, 0.15) is 11.4 Å². The average molecular weight is 295 g/mol. The summed E-state index contributed by atoms with van der Waals surface area (Å²) in [5.74, 6) is 0.738. The summed E-state index contributed by atoms with van der Waals surface area (Å²) in [4.78, 5) is 13.8. The molecule has 0 radical (unpaired) electrons. The van der Waals surface area contributed by atoms with E-state index in [1.54, 1.807) is 31.2 Å². The van der Waals surface area contributed by atoms with Crippen LogP contribution in [0.5, 0.6) is 5.75 Å². The van der Waals surface area contributed by atoms with Crippen LogP contribution in [0.2, 0.25) is 0 Å². The second kappa shape index (κ2) is 7.31. The highest BCUT2D eigenvalue weighted by atomic mass is 16.6. The van der Waals surface area contributed by atoms with Crippen LogP contribution < -0.4 is 9.64 Å². The van der Waals surface area contributed by atoms with E-state index in [-0.39, 0.29) is 12.6 Å². The highest BCUT2D eigenvalue weighted by Crippen LogP contribution is 2.23. The van der Waals surface area contributed by atoms with Crippen molar-refractivity contribution >= 4 is 11.8 Å². The lowest BCUT2D eigenvalue weighted by Crippen LogP contribution is -2.44. The molecule has 1 aromatic rings. The third-order valence-electron chi connectivity index (χ3n) is 2.72. The summed E-state index contributed by atoms with van der Waals surface area (Å²) in [6, 6.07) is 6.76. The van der Waals surface area contributed by atoms with Crippen LogP contribution in [0.3, 0.4) is 0 Å². The van der Waals surface area contributed by atoms with Crippen LogP contribution in [-0.2, 0) is 4.74 Å². The Morgan fingerprint density at radius 3 is 2.29 bits per heavy atom. The topological polar surface area (TPSA) is 59.0 Å². The molecule has 0 saturated heterocycles. The average Bonchev–Trinajstić information content (AvgIpc) is 2.39. The fraction of sp³-hybridized carbons (Fsp3) is 0.562. The van der Waals surface area contributed by atoms with E-state index >= 15 is 0 Å². The van der Waals surface area contributed by atoms with E-state index in [1.807, 2.05) is 27.7 Å². The molecule has 0 saturated carbocycles. The highest BCUT2D eigenvalue weighted by Gasteiger charge is 2.27. The summed E-state index contributed by atoms with van der Waals surface area (Å²) in [6.45, 7) is 9.55. The number of aliphatic hydroxyl groups excluding tert-OH is 1. The van der Waals surface area contributed by atoms with Crippen molar-refractivity contribution in [2.24, 2.45) is 0 Å². The Labute approximate surface area is 126 Å². The van der Waals surface area contributed by atoms with Crippen LogP contribution >= 0.6 is 0 Å². The van der Waals surface area contributed by atoms with E-state index in [4.69, 9.17) is 9.47 Å². The Kier molecular flexibility index (Phi) is 6.03. The molecular weight excluding hydrogens is 270 g/mol. The number of ether oxygens (including phenoxy) is 2. The van der Waals surface area contributed by atoms with Crippen molar-refractivity contribution in [3.8, 4) is 5.75 Å². The molecule has 21 heavy (non-hydrogen) atoms. The number of anilines is 1. The smallest absolute Gasteiger partial charge is 0.415 e. The molecule has 0 aromatic heterocycles. The number of hydrogen-bond acceptors (Lipinski definition) is 4. The molecule has 5 heteroatoms. The first-order valence-electron chi connectivity index (χ1n) is 7.14. The fourth-order valence-electron chi connectivity index (χ4n) is 1.80. The maximum absolute atomic E-state index is 12.3. The molecule has 0 fully saturated rings. The Bertz CT molecular complexity index is 450. The van der Waals surface area contributed by atoms with Crippen molar-refractivity contribution in [2.45, 2.75) is 46.3 Å². The van der Waals surface area contributed by atoms with Crippen molar-refractivity contribution in [3.63, 3.8) is 0 Å². The van der Waals surface area contributed by atoms with Crippen LogP contribution in [0, 0.1) is 0 Å². The van der Waals surface area contributed by atoms with Gasteiger partial charge in [-0.25, -0.2) is 4.79 Å². The quantitative estimate of drug-likeness (QED) is 0.906. The Hall–Kier alpha value is -1.75. The lowest BCUT2D eigenvalue weighted by Gasteiger charge is -2.31. The van der Waals surface area contributed by atoms with Crippen LogP contribution in [0.4, 0.5) is 10.5 Å². The lowest BCUT2D eigenvalue weighted by molar-refractivity contribution is 0.0555. The molecule has 0 aliphatic carbocycles. The molecule has 1 unspecified atom stereocenters. The lowest BCUT2D eigenvalue weighted by atomic mass is 10.2. The Morgan fingerprint density at radius 1 is 1.29 bits per heavy atom. The van der Waals surface area contributed by atoms with Crippen LogP contribution in [0.1, 0.15) is 34.6 Å². The van der Waals surface area contributed by atoms with E-state index in [9.17, 15) is 9.90 Å². The van der Waals surface area contributed by atoms with E-state index in [0.29, 0.717) is 12.3 Å². The van der Waals surface area contributed by atoms with E-state index in [0.717, 1.165) is 5.75 Å². The third-order valence-corrected chi connectivity index (χ3v) is 2.72. The zero-order valence-electron chi connectivity index (χ0n) is 13.4. The first-order chi connectivity index (χ1) is 9.78. The van der Waals surface area contributed by atoms with Crippen LogP contribution in [0.25, 0.3) is 0 Å². The maximum Gasteiger partial charge on any atom is 0.415 e. The van der Waals surface area contributed by atoms with Gasteiger partial charge in [0.2, 0.25) is 0 Å². The number of carbonyl (C=O) groups excluding carboxylic acids is 1. The summed E-state index contributed by atoms with van der Waals surface area (Å²) < 4.78 is 10.8. The van der Waals surface area contributed by atoms with Crippen molar-refractivity contribution in [1.82, 2.24) is 0 Å². The number of benzene rings is 1. The molecular formula is C16H25NO4. The van der Waals surface area contributed by atoms with Gasteiger partial charge in [-0.3, -0.25) is 4.90 Å². The molecule has 0 aliphatic heterocycles. The number of aliphatic hydroxyl groups is 1. The molecule has 5 nitrogen and oxygen atoms in total. The minimum absolute atomic E-state index is 0.146. The summed E-state index contributed by atoms with van der Waals surface area (Å²) in [5, 5.41) is 9.38.